The normalized spacial score (nSPS) is 11.7. The van der Waals surface area contributed by atoms with Crippen molar-refractivity contribution in [2.45, 2.75) is 39.3 Å². The van der Waals surface area contributed by atoms with Gasteiger partial charge in [-0.15, -0.1) is 0 Å². The van der Waals surface area contributed by atoms with Gasteiger partial charge in [0.1, 0.15) is 5.75 Å². The van der Waals surface area contributed by atoms with Gasteiger partial charge in [0.2, 0.25) is 0 Å². The number of carbonyl (C=O) groups is 2. The van der Waals surface area contributed by atoms with Crippen molar-refractivity contribution in [3.8, 4) is 5.75 Å². The zero-order chi connectivity index (χ0) is 18.9. The number of hydrogen-bond acceptors (Lipinski definition) is 4. The molecule has 26 heavy (non-hydrogen) atoms. The molecular weight excluding hydrogens is 330 g/mol. The summed E-state index contributed by atoms with van der Waals surface area (Å²) < 4.78 is 10.7. The maximum Gasteiger partial charge on any atom is 0.310 e. The average molecular weight is 355 g/mol. The Morgan fingerprint density at radius 2 is 1.73 bits per heavy atom. The summed E-state index contributed by atoms with van der Waals surface area (Å²) in [5.74, 6) is -0.0689. The molecule has 2 aromatic rings. The van der Waals surface area contributed by atoms with E-state index in [0.717, 1.165) is 11.1 Å². The number of rotatable bonds is 8. The van der Waals surface area contributed by atoms with Crippen LogP contribution in [0.2, 0.25) is 0 Å². The van der Waals surface area contributed by atoms with Gasteiger partial charge in [-0.05, 0) is 44.0 Å². The molecule has 0 aliphatic heterocycles. The molecule has 5 heteroatoms. The minimum atomic E-state index is -0.450. The molecule has 1 N–H and O–H groups in total. The Labute approximate surface area is 154 Å². The summed E-state index contributed by atoms with van der Waals surface area (Å²) in [7, 11) is 0. The fourth-order valence-electron chi connectivity index (χ4n) is 2.47. The molecule has 138 valence electrons. The second-order valence-electron chi connectivity index (χ2n) is 6.35. The molecule has 0 saturated carbocycles. The SMILES string of the molecule is CC(C)Oc1cccc(CC(=O)OCC(=O)NC(C)c2ccccc2)c1. The fourth-order valence-corrected chi connectivity index (χ4v) is 2.47. The van der Waals surface area contributed by atoms with Crippen molar-refractivity contribution < 1.29 is 19.1 Å². The van der Waals surface area contributed by atoms with Gasteiger partial charge in [0.15, 0.2) is 6.61 Å². The lowest BCUT2D eigenvalue weighted by molar-refractivity contribution is -0.148. The van der Waals surface area contributed by atoms with E-state index in [9.17, 15) is 9.59 Å². The van der Waals surface area contributed by atoms with Crippen molar-refractivity contribution in [2.75, 3.05) is 6.61 Å². The molecule has 0 aliphatic carbocycles. The minimum Gasteiger partial charge on any atom is -0.491 e. The van der Waals surface area contributed by atoms with Crippen molar-refractivity contribution in [2.24, 2.45) is 0 Å². The number of carbonyl (C=O) groups excluding carboxylic acids is 2. The number of hydrogen-bond donors (Lipinski definition) is 1. The molecule has 2 rings (SSSR count). The van der Waals surface area contributed by atoms with Crippen molar-refractivity contribution in [1.82, 2.24) is 5.32 Å². The van der Waals surface area contributed by atoms with Crippen LogP contribution in [0.4, 0.5) is 0 Å². The highest BCUT2D eigenvalue weighted by Gasteiger charge is 2.12. The second kappa shape index (κ2) is 9.61. The molecule has 0 bridgehead atoms. The monoisotopic (exact) mass is 355 g/mol. The van der Waals surface area contributed by atoms with Crippen LogP contribution in [0.15, 0.2) is 54.6 Å². The van der Waals surface area contributed by atoms with Gasteiger partial charge in [-0.2, -0.15) is 0 Å². The van der Waals surface area contributed by atoms with Gasteiger partial charge in [0.25, 0.3) is 5.91 Å². The van der Waals surface area contributed by atoms with Crippen molar-refractivity contribution >= 4 is 11.9 Å². The second-order valence-corrected chi connectivity index (χ2v) is 6.35. The Balaban J connectivity index is 1.78. The van der Waals surface area contributed by atoms with E-state index in [4.69, 9.17) is 9.47 Å². The molecule has 0 fully saturated rings. The molecular formula is C21H25NO4. The maximum absolute atomic E-state index is 12.0. The Bertz CT molecular complexity index is 728. The van der Waals surface area contributed by atoms with Gasteiger partial charge in [-0.25, -0.2) is 0 Å². The third-order valence-electron chi connectivity index (χ3n) is 3.66. The van der Waals surface area contributed by atoms with E-state index in [0.29, 0.717) is 5.75 Å². The lowest BCUT2D eigenvalue weighted by atomic mass is 10.1. The Kier molecular flexibility index (Phi) is 7.21. The van der Waals surface area contributed by atoms with Gasteiger partial charge < -0.3 is 14.8 Å². The first-order valence-electron chi connectivity index (χ1n) is 8.69. The number of benzene rings is 2. The van der Waals surface area contributed by atoms with E-state index < -0.39 is 5.97 Å². The number of esters is 1. The molecule has 0 spiro atoms. The molecule has 0 saturated heterocycles. The number of ether oxygens (including phenoxy) is 2. The molecule has 1 amide bonds. The van der Waals surface area contributed by atoms with Gasteiger partial charge in [0, 0.05) is 0 Å². The van der Waals surface area contributed by atoms with Crippen LogP contribution >= 0.6 is 0 Å². The van der Waals surface area contributed by atoms with Crippen LogP contribution in [-0.4, -0.2) is 24.6 Å². The smallest absolute Gasteiger partial charge is 0.310 e. The van der Waals surface area contributed by atoms with Gasteiger partial charge in [-0.3, -0.25) is 9.59 Å². The van der Waals surface area contributed by atoms with Gasteiger partial charge in [-0.1, -0.05) is 42.5 Å². The summed E-state index contributed by atoms with van der Waals surface area (Å²) in [5, 5.41) is 2.81. The highest BCUT2D eigenvalue weighted by atomic mass is 16.5. The largest absolute Gasteiger partial charge is 0.491 e. The van der Waals surface area contributed by atoms with E-state index >= 15 is 0 Å². The first kappa shape index (κ1) is 19.5. The van der Waals surface area contributed by atoms with Crippen LogP contribution in [0.1, 0.15) is 37.9 Å². The van der Waals surface area contributed by atoms with E-state index in [2.05, 4.69) is 5.32 Å². The fraction of sp³-hybridized carbons (Fsp3) is 0.333. The Morgan fingerprint density at radius 1 is 1.00 bits per heavy atom. The molecule has 1 unspecified atom stereocenters. The predicted molar refractivity (Wildman–Crippen MR) is 99.9 cm³/mol. The highest BCUT2D eigenvalue weighted by molar-refractivity contribution is 5.81. The van der Waals surface area contributed by atoms with E-state index in [1.807, 2.05) is 69.3 Å². The third kappa shape index (κ3) is 6.59. The summed E-state index contributed by atoms with van der Waals surface area (Å²) in [4.78, 5) is 23.9. The summed E-state index contributed by atoms with van der Waals surface area (Å²) in [6.07, 6.45) is 0.157. The summed E-state index contributed by atoms with van der Waals surface area (Å²) >= 11 is 0. The number of nitrogens with one attached hydrogen (secondary N) is 1. The number of amides is 1. The molecule has 0 aromatic heterocycles. The van der Waals surface area contributed by atoms with Crippen molar-refractivity contribution in [3.05, 3.63) is 65.7 Å². The summed E-state index contributed by atoms with van der Waals surface area (Å²) in [6, 6.07) is 16.8. The molecule has 0 radical (unpaired) electrons. The van der Waals surface area contributed by atoms with Crippen LogP contribution in [0.25, 0.3) is 0 Å². The average Bonchev–Trinajstić information content (AvgIpc) is 2.60. The topological polar surface area (TPSA) is 64.6 Å². The molecule has 2 aromatic carbocycles. The first-order chi connectivity index (χ1) is 12.4. The van der Waals surface area contributed by atoms with Gasteiger partial charge >= 0.3 is 5.97 Å². The first-order valence-corrected chi connectivity index (χ1v) is 8.69. The lowest BCUT2D eigenvalue weighted by Crippen LogP contribution is -2.31. The van der Waals surface area contributed by atoms with Crippen molar-refractivity contribution in [1.29, 1.82) is 0 Å². The standard InChI is InChI=1S/C21H25NO4/c1-15(2)26-19-11-7-8-17(12-19)13-21(24)25-14-20(23)22-16(3)18-9-5-4-6-10-18/h4-12,15-16H,13-14H2,1-3H3,(H,22,23). The van der Waals surface area contributed by atoms with E-state index in [-0.39, 0.29) is 31.1 Å². The van der Waals surface area contributed by atoms with Crippen LogP contribution < -0.4 is 10.1 Å². The summed E-state index contributed by atoms with van der Waals surface area (Å²) in [6.45, 7) is 5.47. The quantitative estimate of drug-likeness (QED) is 0.737. The Morgan fingerprint density at radius 3 is 2.42 bits per heavy atom. The van der Waals surface area contributed by atoms with Crippen molar-refractivity contribution in [3.63, 3.8) is 0 Å². The van der Waals surface area contributed by atoms with E-state index in [1.54, 1.807) is 6.07 Å². The molecule has 5 nitrogen and oxygen atoms in total. The van der Waals surface area contributed by atoms with E-state index in [1.165, 1.54) is 0 Å². The Hall–Kier alpha value is -2.82. The van der Waals surface area contributed by atoms with Crippen LogP contribution in [-0.2, 0) is 20.7 Å². The zero-order valence-electron chi connectivity index (χ0n) is 15.4. The maximum atomic E-state index is 12.0. The minimum absolute atomic E-state index is 0.0625. The zero-order valence-corrected chi connectivity index (χ0v) is 15.4. The highest BCUT2D eigenvalue weighted by Crippen LogP contribution is 2.15. The summed E-state index contributed by atoms with van der Waals surface area (Å²) in [5.41, 5.74) is 1.78. The van der Waals surface area contributed by atoms with Crippen LogP contribution in [0.5, 0.6) is 5.75 Å². The lowest BCUT2D eigenvalue weighted by Gasteiger charge is -2.14. The van der Waals surface area contributed by atoms with Crippen LogP contribution in [0, 0.1) is 0 Å². The molecule has 1 atom stereocenters. The molecule has 0 aliphatic rings. The molecule has 0 heterocycles. The van der Waals surface area contributed by atoms with Crippen LogP contribution in [0.3, 0.4) is 0 Å². The third-order valence-corrected chi connectivity index (χ3v) is 3.66. The predicted octanol–water partition coefficient (Wildman–Crippen LogP) is 3.44. The van der Waals surface area contributed by atoms with Gasteiger partial charge in [0.05, 0.1) is 18.6 Å².